The second-order valence-electron chi connectivity index (χ2n) is 6.97. The molecule has 1 aromatic carbocycles. The van der Waals surface area contributed by atoms with Crippen molar-refractivity contribution < 1.29 is 24.3 Å². The lowest BCUT2D eigenvalue weighted by Gasteiger charge is -2.15. The summed E-state index contributed by atoms with van der Waals surface area (Å²) in [5.74, 6) is -1.91. The molecule has 0 aliphatic heterocycles. The van der Waals surface area contributed by atoms with E-state index < -0.39 is 23.8 Å². The number of alkyl halides is 1. The average molecular weight is 508 g/mol. The van der Waals surface area contributed by atoms with Crippen LogP contribution in [0.4, 0.5) is 5.69 Å². The maximum absolute atomic E-state index is 12.3. The predicted molar refractivity (Wildman–Crippen MR) is 122 cm³/mol. The molecule has 2 rings (SSSR count). The Morgan fingerprint density at radius 3 is 2.38 bits per heavy atom. The third-order valence-electron chi connectivity index (χ3n) is 4.41. The van der Waals surface area contributed by atoms with Crippen molar-refractivity contribution in [2.24, 2.45) is 0 Å². The van der Waals surface area contributed by atoms with Crippen LogP contribution >= 0.6 is 15.9 Å². The minimum atomic E-state index is -0.894. The van der Waals surface area contributed by atoms with Crippen molar-refractivity contribution in [1.29, 1.82) is 0 Å². The Kier molecular flexibility index (Phi) is 9.89. The molecule has 4 amide bonds. The lowest BCUT2D eigenvalue weighted by Crippen LogP contribution is -2.49. The van der Waals surface area contributed by atoms with Gasteiger partial charge in [0, 0.05) is 30.2 Å². The Balaban J connectivity index is 1.85. The SMILES string of the molecule is CC(NC(=O)CNC(=O)CBr)C(=O)NCC(=O)Nc1cc(Cn2cccc2)ccc1CO. The fraction of sp³-hybridized carbons (Fsp3) is 0.333. The summed E-state index contributed by atoms with van der Waals surface area (Å²) in [7, 11) is 0. The number of aromatic nitrogens is 1. The van der Waals surface area contributed by atoms with Crippen molar-refractivity contribution in [2.45, 2.75) is 26.1 Å². The van der Waals surface area contributed by atoms with E-state index in [1.54, 1.807) is 12.1 Å². The van der Waals surface area contributed by atoms with Gasteiger partial charge in [0.1, 0.15) is 6.04 Å². The zero-order valence-electron chi connectivity index (χ0n) is 17.6. The lowest BCUT2D eigenvalue weighted by molar-refractivity contribution is -0.129. The third-order valence-corrected chi connectivity index (χ3v) is 4.92. The van der Waals surface area contributed by atoms with E-state index in [0.29, 0.717) is 17.8 Å². The topological polar surface area (TPSA) is 142 Å². The maximum Gasteiger partial charge on any atom is 0.243 e. The first kappa shape index (κ1) is 25.1. The molecule has 0 bridgehead atoms. The van der Waals surface area contributed by atoms with Crippen LogP contribution in [0.3, 0.4) is 0 Å². The molecule has 0 saturated carbocycles. The number of rotatable bonds is 11. The van der Waals surface area contributed by atoms with Crippen molar-refractivity contribution in [3.63, 3.8) is 0 Å². The first-order valence-corrected chi connectivity index (χ1v) is 11.0. The van der Waals surface area contributed by atoms with Crippen molar-refractivity contribution >= 4 is 45.2 Å². The van der Waals surface area contributed by atoms with E-state index in [2.05, 4.69) is 37.2 Å². The van der Waals surface area contributed by atoms with Crippen LogP contribution in [0.2, 0.25) is 0 Å². The molecule has 1 aromatic heterocycles. The molecule has 0 radical (unpaired) electrons. The van der Waals surface area contributed by atoms with Crippen molar-refractivity contribution in [3.05, 3.63) is 53.9 Å². The number of halogens is 1. The van der Waals surface area contributed by atoms with Gasteiger partial charge in [-0.05, 0) is 30.7 Å². The average Bonchev–Trinajstić information content (AvgIpc) is 3.29. The zero-order valence-corrected chi connectivity index (χ0v) is 19.1. The highest BCUT2D eigenvalue weighted by Gasteiger charge is 2.17. The van der Waals surface area contributed by atoms with Crippen LogP contribution < -0.4 is 21.3 Å². The Morgan fingerprint density at radius 1 is 1.03 bits per heavy atom. The maximum atomic E-state index is 12.3. The standard InChI is InChI=1S/C21H26BrN5O5/c1-14(25-19(30)10-23-18(29)9-22)21(32)24-11-20(31)26-17-8-15(4-5-16(17)13-28)12-27-6-2-3-7-27/h2-8,14,28H,9-13H2,1H3,(H,23,29)(H,24,32)(H,25,30)(H,26,31). The van der Waals surface area contributed by atoms with Gasteiger partial charge >= 0.3 is 0 Å². The van der Waals surface area contributed by atoms with E-state index in [1.807, 2.05) is 35.2 Å². The number of benzene rings is 1. The number of hydrogen-bond acceptors (Lipinski definition) is 5. The lowest BCUT2D eigenvalue weighted by atomic mass is 10.1. The quantitative estimate of drug-likeness (QED) is 0.274. The molecule has 11 heteroatoms. The highest BCUT2D eigenvalue weighted by atomic mass is 79.9. The number of carbonyl (C=O) groups is 4. The van der Waals surface area contributed by atoms with Crippen LogP contribution in [0, 0.1) is 0 Å². The van der Waals surface area contributed by atoms with Crippen molar-refractivity contribution in [3.8, 4) is 0 Å². The number of anilines is 1. The van der Waals surface area contributed by atoms with Gasteiger partial charge in [0.05, 0.1) is 25.0 Å². The van der Waals surface area contributed by atoms with Gasteiger partial charge in [0.2, 0.25) is 23.6 Å². The van der Waals surface area contributed by atoms with Gasteiger partial charge in [0.25, 0.3) is 0 Å². The summed E-state index contributed by atoms with van der Waals surface area (Å²) in [6.45, 7) is 1.25. The van der Waals surface area contributed by atoms with E-state index in [0.717, 1.165) is 5.56 Å². The van der Waals surface area contributed by atoms with E-state index in [9.17, 15) is 24.3 Å². The summed E-state index contributed by atoms with van der Waals surface area (Å²) in [5.41, 5.74) is 1.94. The van der Waals surface area contributed by atoms with Crippen LogP contribution in [-0.4, -0.2) is 57.8 Å². The van der Waals surface area contributed by atoms with E-state index in [-0.39, 0.29) is 30.9 Å². The number of nitrogens with zero attached hydrogens (tertiary/aromatic N) is 1. The van der Waals surface area contributed by atoms with Gasteiger partial charge in [-0.15, -0.1) is 0 Å². The minimum Gasteiger partial charge on any atom is -0.392 e. The second-order valence-corrected chi connectivity index (χ2v) is 7.53. The number of amides is 4. The minimum absolute atomic E-state index is 0.0681. The van der Waals surface area contributed by atoms with Crippen LogP contribution in [0.1, 0.15) is 18.1 Å². The molecule has 0 fully saturated rings. The Labute approximate surface area is 193 Å². The monoisotopic (exact) mass is 507 g/mol. The van der Waals surface area contributed by atoms with Crippen LogP contribution in [0.5, 0.6) is 0 Å². The highest BCUT2D eigenvalue weighted by Crippen LogP contribution is 2.19. The van der Waals surface area contributed by atoms with Gasteiger partial charge in [-0.3, -0.25) is 19.2 Å². The summed E-state index contributed by atoms with van der Waals surface area (Å²) in [4.78, 5) is 47.3. The molecule has 0 saturated heterocycles. The van der Waals surface area contributed by atoms with Gasteiger partial charge in [-0.25, -0.2) is 0 Å². The number of carbonyl (C=O) groups excluding carboxylic acids is 4. The first-order chi connectivity index (χ1) is 15.3. The number of aliphatic hydroxyl groups is 1. The molecule has 0 spiro atoms. The fourth-order valence-electron chi connectivity index (χ4n) is 2.76. The van der Waals surface area contributed by atoms with Gasteiger partial charge in [-0.2, -0.15) is 0 Å². The Hall–Kier alpha value is -3.18. The summed E-state index contributed by atoms with van der Waals surface area (Å²) in [6, 6.07) is 8.31. The Bertz CT molecular complexity index is 948. The fourth-order valence-corrected chi connectivity index (χ4v) is 2.96. The Morgan fingerprint density at radius 2 is 1.72 bits per heavy atom. The smallest absolute Gasteiger partial charge is 0.243 e. The number of aliphatic hydroxyl groups excluding tert-OH is 1. The van der Waals surface area contributed by atoms with Gasteiger partial charge in [-0.1, -0.05) is 28.1 Å². The molecule has 32 heavy (non-hydrogen) atoms. The number of hydrogen-bond donors (Lipinski definition) is 5. The van der Waals surface area contributed by atoms with Crippen molar-refractivity contribution in [1.82, 2.24) is 20.5 Å². The second kappa shape index (κ2) is 12.6. The first-order valence-electron chi connectivity index (χ1n) is 9.85. The predicted octanol–water partition coefficient (Wildman–Crippen LogP) is 0.0992. The van der Waals surface area contributed by atoms with Crippen LogP contribution in [0.15, 0.2) is 42.7 Å². The summed E-state index contributed by atoms with van der Waals surface area (Å²) in [6.07, 6.45) is 3.84. The molecule has 5 N–H and O–H groups in total. The number of nitrogens with one attached hydrogen (secondary N) is 4. The molecular weight excluding hydrogens is 482 g/mol. The van der Waals surface area contributed by atoms with E-state index >= 15 is 0 Å². The summed E-state index contributed by atoms with van der Waals surface area (Å²) < 4.78 is 1.97. The molecular formula is C21H26BrN5O5. The molecule has 172 valence electrons. The van der Waals surface area contributed by atoms with E-state index in [1.165, 1.54) is 6.92 Å². The molecule has 2 aromatic rings. The van der Waals surface area contributed by atoms with Crippen LogP contribution in [-0.2, 0) is 32.3 Å². The molecule has 10 nitrogen and oxygen atoms in total. The normalized spacial score (nSPS) is 11.3. The molecule has 0 aliphatic rings. The molecule has 1 atom stereocenters. The molecule has 0 aliphatic carbocycles. The highest BCUT2D eigenvalue weighted by molar-refractivity contribution is 9.09. The third kappa shape index (κ3) is 8.16. The van der Waals surface area contributed by atoms with Crippen LogP contribution in [0.25, 0.3) is 0 Å². The van der Waals surface area contributed by atoms with E-state index in [4.69, 9.17) is 0 Å². The zero-order chi connectivity index (χ0) is 23.5. The van der Waals surface area contributed by atoms with Gasteiger partial charge in [0.15, 0.2) is 0 Å². The largest absolute Gasteiger partial charge is 0.392 e. The molecule has 1 heterocycles. The summed E-state index contributed by atoms with van der Waals surface area (Å²) >= 11 is 2.96. The summed E-state index contributed by atoms with van der Waals surface area (Å²) in [5, 5.41) is 19.6. The van der Waals surface area contributed by atoms with Crippen molar-refractivity contribution in [2.75, 3.05) is 23.7 Å². The van der Waals surface area contributed by atoms with Gasteiger partial charge < -0.3 is 30.9 Å². The molecule has 1 unspecified atom stereocenters.